The highest BCUT2D eigenvalue weighted by Crippen LogP contribution is 2.23. The first-order valence-electron chi connectivity index (χ1n) is 10.00. The summed E-state index contributed by atoms with van der Waals surface area (Å²) >= 11 is 6.02. The Bertz CT molecular complexity index is 659. The van der Waals surface area contributed by atoms with Crippen LogP contribution in [0.3, 0.4) is 0 Å². The van der Waals surface area contributed by atoms with Gasteiger partial charge in [-0.25, -0.2) is 0 Å². The van der Waals surface area contributed by atoms with Crippen molar-refractivity contribution in [3.63, 3.8) is 0 Å². The van der Waals surface area contributed by atoms with E-state index >= 15 is 0 Å². The maximum Gasteiger partial charge on any atom is 0.226 e. The first-order chi connectivity index (χ1) is 13.0. The van der Waals surface area contributed by atoms with E-state index in [9.17, 15) is 9.59 Å². The molecule has 1 atom stereocenters. The lowest BCUT2D eigenvalue weighted by Gasteiger charge is -2.34. The summed E-state index contributed by atoms with van der Waals surface area (Å²) in [6, 6.07) is 7.51. The van der Waals surface area contributed by atoms with Gasteiger partial charge in [0, 0.05) is 50.7 Å². The molecule has 0 saturated carbocycles. The summed E-state index contributed by atoms with van der Waals surface area (Å²) in [5, 5.41) is 0.666. The number of hydrogen-bond donors (Lipinski definition) is 0. The highest BCUT2D eigenvalue weighted by Gasteiger charge is 2.25. The van der Waals surface area contributed by atoms with E-state index in [1.807, 2.05) is 34.1 Å². The van der Waals surface area contributed by atoms with Gasteiger partial charge in [-0.05, 0) is 49.9 Å². The van der Waals surface area contributed by atoms with E-state index in [2.05, 4.69) is 11.9 Å². The van der Waals surface area contributed by atoms with Crippen molar-refractivity contribution in [1.82, 2.24) is 14.7 Å². The molecule has 1 aromatic rings. The largest absolute Gasteiger partial charge is 0.342 e. The minimum Gasteiger partial charge on any atom is -0.342 e. The maximum absolute atomic E-state index is 12.6. The molecule has 2 heterocycles. The molecule has 0 aliphatic carbocycles. The van der Waals surface area contributed by atoms with Gasteiger partial charge in [0.05, 0.1) is 6.42 Å². The summed E-state index contributed by atoms with van der Waals surface area (Å²) in [6.45, 7) is 5.19. The van der Waals surface area contributed by atoms with Gasteiger partial charge in [0.2, 0.25) is 11.8 Å². The zero-order valence-electron chi connectivity index (χ0n) is 16.2. The molecule has 1 aromatic carbocycles. The lowest BCUT2D eigenvalue weighted by atomic mass is 9.92. The Hall–Kier alpha value is -1.59. The van der Waals surface area contributed by atoms with Crippen molar-refractivity contribution in [2.45, 2.75) is 32.1 Å². The van der Waals surface area contributed by atoms with E-state index in [0.717, 1.165) is 64.1 Å². The highest BCUT2D eigenvalue weighted by atomic mass is 35.5. The minimum atomic E-state index is 0.160. The Morgan fingerprint density at radius 2 is 1.85 bits per heavy atom. The van der Waals surface area contributed by atoms with Crippen LogP contribution in [0.2, 0.25) is 5.02 Å². The van der Waals surface area contributed by atoms with Gasteiger partial charge in [-0.3, -0.25) is 9.59 Å². The number of halogens is 1. The molecule has 2 amide bonds. The van der Waals surface area contributed by atoms with E-state index in [0.29, 0.717) is 23.8 Å². The van der Waals surface area contributed by atoms with Gasteiger partial charge in [-0.15, -0.1) is 0 Å². The predicted molar refractivity (Wildman–Crippen MR) is 108 cm³/mol. The third kappa shape index (κ3) is 5.94. The van der Waals surface area contributed by atoms with Gasteiger partial charge in [0.15, 0.2) is 0 Å². The molecule has 3 rings (SSSR count). The monoisotopic (exact) mass is 391 g/mol. The second-order valence-corrected chi connectivity index (χ2v) is 8.31. The van der Waals surface area contributed by atoms with Crippen LogP contribution < -0.4 is 0 Å². The van der Waals surface area contributed by atoms with Crippen molar-refractivity contribution in [2.24, 2.45) is 5.92 Å². The van der Waals surface area contributed by atoms with Gasteiger partial charge in [-0.1, -0.05) is 23.7 Å². The minimum absolute atomic E-state index is 0.160. The fraction of sp³-hybridized carbons (Fsp3) is 0.619. The zero-order valence-corrected chi connectivity index (χ0v) is 17.0. The van der Waals surface area contributed by atoms with Gasteiger partial charge >= 0.3 is 0 Å². The summed E-state index contributed by atoms with van der Waals surface area (Å²) in [5.74, 6) is 0.858. The molecule has 5 nitrogen and oxygen atoms in total. The van der Waals surface area contributed by atoms with Crippen molar-refractivity contribution >= 4 is 23.4 Å². The van der Waals surface area contributed by atoms with Gasteiger partial charge in [0.1, 0.15) is 0 Å². The van der Waals surface area contributed by atoms with Crippen molar-refractivity contribution in [1.29, 1.82) is 0 Å². The number of carbonyl (C=O) groups excluding carboxylic acids is 2. The molecule has 2 aliphatic rings. The summed E-state index contributed by atoms with van der Waals surface area (Å²) in [6.07, 6.45) is 4.01. The van der Waals surface area contributed by atoms with E-state index in [-0.39, 0.29) is 11.8 Å². The number of piperazine rings is 1. The lowest BCUT2D eigenvalue weighted by Crippen LogP contribution is -2.47. The van der Waals surface area contributed by atoms with Crippen LogP contribution in [0.1, 0.15) is 31.2 Å². The third-order valence-corrected chi connectivity index (χ3v) is 5.97. The van der Waals surface area contributed by atoms with Crippen LogP contribution in [0, 0.1) is 5.92 Å². The van der Waals surface area contributed by atoms with Crippen LogP contribution in [0.4, 0.5) is 0 Å². The summed E-state index contributed by atoms with van der Waals surface area (Å²) < 4.78 is 0. The molecule has 148 valence electrons. The molecule has 2 fully saturated rings. The molecule has 2 aliphatic heterocycles. The van der Waals surface area contributed by atoms with E-state index in [4.69, 9.17) is 11.6 Å². The normalized spacial score (nSPS) is 21.3. The topological polar surface area (TPSA) is 43.9 Å². The molecular weight excluding hydrogens is 362 g/mol. The molecule has 0 bridgehead atoms. The molecular formula is C21H30ClN3O2. The van der Waals surface area contributed by atoms with Gasteiger partial charge in [-0.2, -0.15) is 0 Å². The maximum atomic E-state index is 12.6. The average molecular weight is 392 g/mol. The number of likely N-dealkylation sites (tertiary alicyclic amines) is 1. The fourth-order valence-corrected chi connectivity index (χ4v) is 4.22. The van der Waals surface area contributed by atoms with Crippen molar-refractivity contribution in [2.75, 3.05) is 46.3 Å². The number of piperidine rings is 1. The van der Waals surface area contributed by atoms with Gasteiger partial charge < -0.3 is 14.7 Å². The van der Waals surface area contributed by atoms with Crippen LogP contribution in [0.25, 0.3) is 0 Å². The summed E-state index contributed by atoms with van der Waals surface area (Å²) in [5.41, 5.74) is 0.958. The molecule has 0 N–H and O–H groups in total. The highest BCUT2D eigenvalue weighted by molar-refractivity contribution is 6.30. The summed E-state index contributed by atoms with van der Waals surface area (Å²) in [4.78, 5) is 31.3. The van der Waals surface area contributed by atoms with Crippen LogP contribution in [0.15, 0.2) is 24.3 Å². The molecule has 6 heteroatoms. The van der Waals surface area contributed by atoms with E-state index in [1.165, 1.54) is 0 Å². The number of benzene rings is 1. The number of amides is 2. The van der Waals surface area contributed by atoms with Crippen molar-refractivity contribution < 1.29 is 9.59 Å². The predicted octanol–water partition coefficient (Wildman–Crippen LogP) is 2.68. The number of likely N-dealkylation sites (N-methyl/N-ethyl adjacent to an activating group) is 1. The number of rotatable bonds is 5. The number of carbonyl (C=O) groups is 2. The first kappa shape index (κ1) is 20.2. The summed E-state index contributed by atoms with van der Waals surface area (Å²) in [7, 11) is 2.10. The molecule has 1 unspecified atom stereocenters. The SMILES string of the molecule is CN1CCN(C(=O)CCC2CCCN(C(=O)Cc3cccc(Cl)c3)C2)CC1. The van der Waals surface area contributed by atoms with E-state index in [1.54, 1.807) is 0 Å². The lowest BCUT2D eigenvalue weighted by molar-refractivity contribution is -0.133. The third-order valence-electron chi connectivity index (χ3n) is 5.74. The van der Waals surface area contributed by atoms with Crippen LogP contribution >= 0.6 is 11.6 Å². The van der Waals surface area contributed by atoms with Crippen molar-refractivity contribution in [3.05, 3.63) is 34.9 Å². The van der Waals surface area contributed by atoms with Crippen LogP contribution in [0.5, 0.6) is 0 Å². The molecule has 27 heavy (non-hydrogen) atoms. The number of nitrogens with zero attached hydrogens (tertiary/aromatic N) is 3. The quantitative estimate of drug-likeness (QED) is 0.775. The Kier molecular flexibility index (Phi) is 7.13. The van der Waals surface area contributed by atoms with Gasteiger partial charge in [0.25, 0.3) is 0 Å². The van der Waals surface area contributed by atoms with Crippen LogP contribution in [-0.4, -0.2) is 72.8 Å². The Morgan fingerprint density at radius 1 is 1.07 bits per heavy atom. The molecule has 0 radical (unpaired) electrons. The smallest absolute Gasteiger partial charge is 0.226 e. The molecule has 2 saturated heterocycles. The second-order valence-electron chi connectivity index (χ2n) is 7.88. The standard InChI is InChI=1S/C21H30ClN3O2/c1-23-10-12-24(13-11-23)20(26)8-7-17-5-3-9-25(16-17)21(27)15-18-4-2-6-19(22)14-18/h2,4,6,14,17H,3,5,7-13,15-16H2,1H3. The second kappa shape index (κ2) is 9.56. The Morgan fingerprint density at radius 3 is 2.59 bits per heavy atom. The Balaban J connectivity index is 1.44. The fourth-order valence-electron chi connectivity index (χ4n) is 4.00. The van der Waals surface area contributed by atoms with Crippen LogP contribution in [-0.2, 0) is 16.0 Å². The number of hydrogen-bond acceptors (Lipinski definition) is 3. The Labute approximate surface area is 167 Å². The van der Waals surface area contributed by atoms with E-state index < -0.39 is 0 Å². The zero-order chi connectivity index (χ0) is 19.2. The van der Waals surface area contributed by atoms with Crippen molar-refractivity contribution in [3.8, 4) is 0 Å². The average Bonchev–Trinajstić information content (AvgIpc) is 2.67. The molecule has 0 aromatic heterocycles. The first-order valence-corrected chi connectivity index (χ1v) is 10.4. The molecule has 0 spiro atoms.